The Morgan fingerprint density at radius 1 is 1.13 bits per heavy atom. The molecule has 0 bridgehead atoms. The summed E-state index contributed by atoms with van der Waals surface area (Å²) in [6.45, 7) is 2.11. The van der Waals surface area contributed by atoms with Crippen molar-refractivity contribution in [3.63, 3.8) is 0 Å². The monoisotopic (exact) mass is 437 g/mol. The van der Waals surface area contributed by atoms with Gasteiger partial charge in [0.25, 0.3) is 0 Å². The summed E-state index contributed by atoms with van der Waals surface area (Å²) in [7, 11) is 4.40. The minimum atomic E-state index is -0.449. The fraction of sp³-hybridized carbons (Fsp3) is 0.217. The van der Waals surface area contributed by atoms with E-state index in [-0.39, 0.29) is 0 Å². The van der Waals surface area contributed by atoms with Crippen LogP contribution in [0.3, 0.4) is 0 Å². The zero-order valence-corrected chi connectivity index (χ0v) is 19.2. The standard InChI is InChI=1S/C23H25N3O2P2/c1-13-9-16(28-2)6-5-15(13)4-3-14-10-19-18-8-7-17(30-23(27)29)11-20(18)26-22(24)21(19)25-12-14/h5-12,23,27,30H,3-4,29H2,1-2H3,(H2,24,26). The zero-order chi connectivity index (χ0) is 21.3. The van der Waals surface area contributed by atoms with Crippen LogP contribution < -0.4 is 15.8 Å². The molecule has 2 aromatic heterocycles. The number of benzene rings is 2. The summed E-state index contributed by atoms with van der Waals surface area (Å²) >= 11 is 0. The lowest BCUT2D eigenvalue weighted by Crippen LogP contribution is -2.02. The Morgan fingerprint density at radius 2 is 1.97 bits per heavy atom. The van der Waals surface area contributed by atoms with Gasteiger partial charge in [-0.2, -0.15) is 0 Å². The molecule has 154 valence electrons. The van der Waals surface area contributed by atoms with Crippen molar-refractivity contribution in [2.45, 2.75) is 25.4 Å². The third kappa shape index (κ3) is 4.39. The average Bonchev–Trinajstić information content (AvgIpc) is 2.72. The number of aromatic nitrogens is 2. The number of fused-ring (bicyclic) bond motifs is 3. The lowest BCUT2D eigenvalue weighted by atomic mass is 10.00. The molecule has 0 amide bonds. The topological polar surface area (TPSA) is 81.3 Å². The second-order valence-electron chi connectivity index (χ2n) is 7.35. The van der Waals surface area contributed by atoms with Crippen LogP contribution in [0, 0.1) is 6.92 Å². The summed E-state index contributed by atoms with van der Waals surface area (Å²) in [6.07, 6.45) is 3.71. The van der Waals surface area contributed by atoms with Gasteiger partial charge >= 0.3 is 0 Å². The van der Waals surface area contributed by atoms with E-state index in [2.05, 4.69) is 50.4 Å². The number of aliphatic hydroxyl groups is 1. The predicted octanol–water partition coefficient (Wildman–Crippen LogP) is 3.92. The van der Waals surface area contributed by atoms with Crippen molar-refractivity contribution in [1.29, 1.82) is 0 Å². The van der Waals surface area contributed by atoms with Crippen molar-refractivity contribution in [2.75, 3.05) is 12.8 Å². The fourth-order valence-electron chi connectivity index (χ4n) is 3.70. The van der Waals surface area contributed by atoms with Crippen LogP contribution in [0.15, 0.2) is 48.7 Å². The van der Waals surface area contributed by atoms with Crippen LogP contribution >= 0.6 is 17.8 Å². The number of hydrogen-bond donors (Lipinski definition) is 2. The molecule has 0 saturated carbocycles. The van der Waals surface area contributed by atoms with Gasteiger partial charge in [-0.25, -0.2) is 4.98 Å². The second-order valence-corrected chi connectivity index (χ2v) is 10.1. The highest BCUT2D eigenvalue weighted by atomic mass is 31.1. The van der Waals surface area contributed by atoms with Gasteiger partial charge in [-0.05, 0) is 66.0 Å². The summed E-state index contributed by atoms with van der Waals surface area (Å²) in [5.41, 5.74) is 11.0. The van der Waals surface area contributed by atoms with Crippen molar-refractivity contribution in [2.24, 2.45) is 0 Å². The van der Waals surface area contributed by atoms with E-state index in [0.717, 1.165) is 51.3 Å². The van der Waals surface area contributed by atoms with E-state index in [1.807, 2.05) is 24.4 Å². The van der Waals surface area contributed by atoms with Crippen LogP contribution in [0.4, 0.5) is 5.82 Å². The largest absolute Gasteiger partial charge is 0.497 e. The van der Waals surface area contributed by atoms with Crippen molar-refractivity contribution in [3.05, 3.63) is 65.4 Å². The molecular formula is C23H25N3O2P2. The summed E-state index contributed by atoms with van der Waals surface area (Å²) in [5, 5.41) is 12.8. The molecule has 7 heteroatoms. The molecule has 0 aliphatic rings. The van der Waals surface area contributed by atoms with Gasteiger partial charge in [-0.15, -0.1) is 9.24 Å². The molecule has 3 unspecified atom stereocenters. The fourth-order valence-corrected chi connectivity index (χ4v) is 5.02. The third-order valence-electron chi connectivity index (χ3n) is 5.26. The maximum Gasteiger partial charge on any atom is 0.150 e. The number of nitrogen functional groups attached to an aromatic ring is 1. The number of rotatable bonds is 6. The van der Waals surface area contributed by atoms with Gasteiger partial charge in [0.2, 0.25) is 0 Å². The lowest BCUT2D eigenvalue weighted by molar-refractivity contribution is 0.343. The summed E-state index contributed by atoms with van der Waals surface area (Å²) in [4.78, 5) is 9.16. The van der Waals surface area contributed by atoms with Gasteiger partial charge in [0.05, 0.1) is 18.2 Å². The zero-order valence-electron chi connectivity index (χ0n) is 17.0. The third-order valence-corrected chi connectivity index (χ3v) is 6.70. The van der Waals surface area contributed by atoms with E-state index in [4.69, 9.17) is 10.5 Å². The first-order valence-electron chi connectivity index (χ1n) is 9.76. The van der Waals surface area contributed by atoms with Crippen LogP contribution in [-0.2, 0) is 12.8 Å². The molecule has 0 radical (unpaired) electrons. The maximum atomic E-state index is 9.66. The SMILES string of the molecule is COc1ccc(CCc2cnc3c(N)nc4cc(PC(O)P)ccc4c3c2)c(C)c1. The molecule has 2 heterocycles. The number of aliphatic hydroxyl groups excluding tert-OH is 1. The van der Waals surface area contributed by atoms with E-state index in [1.165, 1.54) is 11.1 Å². The number of pyridine rings is 2. The Bertz CT molecular complexity index is 1230. The lowest BCUT2D eigenvalue weighted by Gasteiger charge is -2.11. The minimum absolute atomic E-state index is 0.290. The van der Waals surface area contributed by atoms with Crippen LogP contribution in [-0.4, -0.2) is 27.8 Å². The normalized spacial score (nSPS) is 12.8. The Balaban J connectivity index is 1.67. The second kappa shape index (κ2) is 8.81. The quantitative estimate of drug-likeness (QED) is 0.353. The molecule has 0 saturated heterocycles. The van der Waals surface area contributed by atoms with E-state index in [1.54, 1.807) is 7.11 Å². The Morgan fingerprint density at radius 3 is 2.70 bits per heavy atom. The molecule has 4 aromatic rings. The summed E-state index contributed by atoms with van der Waals surface area (Å²) < 4.78 is 5.30. The highest BCUT2D eigenvalue weighted by Gasteiger charge is 2.11. The molecule has 3 atom stereocenters. The number of nitrogens with zero attached hydrogens (tertiary/aromatic N) is 2. The van der Waals surface area contributed by atoms with E-state index in [9.17, 15) is 5.11 Å². The van der Waals surface area contributed by atoms with E-state index < -0.39 is 5.59 Å². The van der Waals surface area contributed by atoms with Crippen molar-refractivity contribution in [3.8, 4) is 5.75 Å². The Labute approximate surface area is 180 Å². The molecule has 30 heavy (non-hydrogen) atoms. The van der Waals surface area contributed by atoms with E-state index in [0.29, 0.717) is 14.4 Å². The first-order valence-corrected chi connectivity index (χ1v) is 11.5. The Kier molecular flexibility index (Phi) is 6.15. The molecular weight excluding hydrogens is 412 g/mol. The molecule has 0 aliphatic carbocycles. The van der Waals surface area contributed by atoms with Gasteiger partial charge in [0, 0.05) is 17.0 Å². The summed E-state index contributed by atoms with van der Waals surface area (Å²) in [6, 6.07) is 14.5. The Hall–Kier alpha value is -2.32. The number of nitrogens with two attached hydrogens (primary N) is 1. The van der Waals surface area contributed by atoms with Crippen LogP contribution in [0.25, 0.3) is 21.8 Å². The number of hydrogen-bond acceptors (Lipinski definition) is 5. The number of aryl methyl sites for hydroxylation is 3. The van der Waals surface area contributed by atoms with Crippen molar-refractivity contribution >= 4 is 50.7 Å². The molecule has 4 rings (SSSR count). The molecule has 0 aliphatic heterocycles. The maximum absolute atomic E-state index is 9.66. The average molecular weight is 437 g/mol. The first kappa shape index (κ1) is 20.9. The first-order chi connectivity index (χ1) is 14.4. The number of anilines is 1. The molecule has 5 nitrogen and oxygen atoms in total. The highest BCUT2D eigenvalue weighted by Crippen LogP contribution is 2.29. The predicted molar refractivity (Wildman–Crippen MR) is 130 cm³/mol. The van der Waals surface area contributed by atoms with Crippen LogP contribution in [0.2, 0.25) is 0 Å². The van der Waals surface area contributed by atoms with Crippen molar-refractivity contribution < 1.29 is 9.84 Å². The van der Waals surface area contributed by atoms with Gasteiger partial charge in [-0.1, -0.05) is 26.8 Å². The smallest absolute Gasteiger partial charge is 0.150 e. The molecule has 0 spiro atoms. The number of ether oxygens (including phenoxy) is 1. The molecule has 3 N–H and O–H groups in total. The van der Waals surface area contributed by atoms with Gasteiger partial charge in [0.1, 0.15) is 11.3 Å². The van der Waals surface area contributed by atoms with Gasteiger partial charge < -0.3 is 15.6 Å². The van der Waals surface area contributed by atoms with Gasteiger partial charge in [0.15, 0.2) is 5.82 Å². The molecule has 0 fully saturated rings. The molecule has 2 aromatic carbocycles. The minimum Gasteiger partial charge on any atom is -0.497 e. The van der Waals surface area contributed by atoms with Crippen LogP contribution in [0.5, 0.6) is 5.75 Å². The van der Waals surface area contributed by atoms with Gasteiger partial charge in [-0.3, -0.25) is 4.98 Å². The highest BCUT2D eigenvalue weighted by molar-refractivity contribution is 7.56. The number of methoxy groups -OCH3 is 1. The van der Waals surface area contributed by atoms with Crippen molar-refractivity contribution in [1.82, 2.24) is 9.97 Å². The van der Waals surface area contributed by atoms with E-state index >= 15 is 0 Å². The summed E-state index contributed by atoms with van der Waals surface area (Å²) in [5.74, 6) is 1.31. The van der Waals surface area contributed by atoms with Crippen LogP contribution in [0.1, 0.15) is 16.7 Å².